The maximum Gasteiger partial charge on any atom is -1.00 e. The van der Waals surface area contributed by atoms with Crippen LogP contribution in [0.1, 0.15) is 101 Å². The number of aryl methyl sites for hydroxylation is 4. The molecule has 0 heterocycles. The zero-order valence-corrected chi connectivity index (χ0v) is 34.1. The van der Waals surface area contributed by atoms with Crippen molar-refractivity contribution >= 4 is 24.7 Å². The van der Waals surface area contributed by atoms with Gasteiger partial charge in [-0.15, -0.1) is 0 Å². The van der Waals surface area contributed by atoms with Gasteiger partial charge in [0.25, 0.3) is 0 Å². The van der Waals surface area contributed by atoms with Gasteiger partial charge in [-0.25, -0.2) is 0 Å². The van der Waals surface area contributed by atoms with Crippen molar-refractivity contribution < 1.29 is 57.7 Å². The normalized spacial score (nSPS) is 17.0. The Morgan fingerprint density at radius 1 is 0.545 bits per heavy atom. The van der Waals surface area contributed by atoms with Crippen LogP contribution in [0.3, 0.4) is 0 Å². The molecule has 1 aliphatic rings. The van der Waals surface area contributed by atoms with Crippen LogP contribution in [0.5, 0.6) is 0 Å². The van der Waals surface area contributed by atoms with Crippen LogP contribution < -0.4 is 47.6 Å². The van der Waals surface area contributed by atoms with E-state index in [1.54, 1.807) is 21.5 Å². The smallest absolute Gasteiger partial charge is 1.00 e. The second-order valence-corrected chi connectivity index (χ2v) is 19.2. The summed E-state index contributed by atoms with van der Waals surface area (Å²) in [7, 11) is -1.60. The van der Waals surface area contributed by atoms with Gasteiger partial charge >= 0.3 is 266 Å². The molecular weight excluding hydrogens is 651 g/mol. The Kier molecular flexibility index (Phi) is 13.8. The predicted molar refractivity (Wildman–Crippen MR) is 181 cm³/mol. The number of rotatable bonds is 5. The van der Waals surface area contributed by atoms with E-state index in [0.29, 0.717) is 0 Å². The largest absolute Gasteiger partial charge is 1.00 e. The first kappa shape index (κ1) is 41.0. The molecule has 0 saturated carbocycles. The summed E-state index contributed by atoms with van der Waals surface area (Å²) in [6.45, 7) is 30.3. The quantitative estimate of drug-likeness (QED) is 0.339. The van der Waals surface area contributed by atoms with Crippen molar-refractivity contribution in [2.24, 2.45) is 0 Å². The summed E-state index contributed by atoms with van der Waals surface area (Å²) in [5.74, 6) is 0. The van der Waals surface area contributed by atoms with E-state index in [-0.39, 0.29) is 51.8 Å². The molecule has 0 radical (unpaired) electrons. The molecule has 0 amide bonds. The molecule has 3 aromatic rings. The molecule has 0 saturated heterocycles. The molecule has 44 heavy (non-hydrogen) atoms. The summed E-state index contributed by atoms with van der Waals surface area (Å²) in [6.07, 6.45) is 0. The van der Waals surface area contributed by atoms with Gasteiger partial charge in [0.2, 0.25) is 0 Å². The van der Waals surface area contributed by atoms with Crippen molar-refractivity contribution in [2.75, 3.05) is 0 Å². The van der Waals surface area contributed by atoms with E-state index in [9.17, 15) is 0 Å². The first-order valence-corrected chi connectivity index (χ1v) is 18.0. The van der Waals surface area contributed by atoms with Gasteiger partial charge in [0.05, 0.1) is 0 Å². The number of hydrogen-bond acceptors (Lipinski definition) is 0. The molecule has 3 aromatic carbocycles. The second kappa shape index (κ2) is 14.8. The van der Waals surface area contributed by atoms with Crippen molar-refractivity contribution in [3.05, 3.63) is 110 Å². The first-order valence-electron chi connectivity index (χ1n) is 15.3. The second-order valence-electron chi connectivity index (χ2n) is 15.1. The molecule has 0 aliphatic heterocycles. The minimum atomic E-state index is -1.60. The molecule has 5 heteroatoms. The first-order chi connectivity index (χ1) is 18.8. The summed E-state index contributed by atoms with van der Waals surface area (Å²) in [5, 5.41) is 3.14. The van der Waals surface area contributed by atoms with Gasteiger partial charge in [0, 0.05) is 0 Å². The van der Waals surface area contributed by atoms with Crippen LogP contribution in [0.4, 0.5) is 0 Å². The number of allylic oxidation sites excluding steroid dienone is 4. The number of benzene rings is 3. The van der Waals surface area contributed by atoms with Crippen molar-refractivity contribution in [3.8, 4) is 0 Å². The van der Waals surface area contributed by atoms with Gasteiger partial charge in [-0.05, 0) is 0 Å². The fourth-order valence-electron chi connectivity index (χ4n) is 6.81. The predicted octanol–water partition coefficient (Wildman–Crippen LogP) is 0.398. The van der Waals surface area contributed by atoms with E-state index in [0.717, 1.165) is 0 Å². The molecule has 0 bridgehead atoms. The average molecular weight is 702 g/mol. The van der Waals surface area contributed by atoms with Crippen molar-refractivity contribution in [3.63, 3.8) is 0 Å². The van der Waals surface area contributed by atoms with Crippen LogP contribution in [-0.4, -0.2) is 8.80 Å². The average Bonchev–Trinajstić information content (AvgIpc) is 2.99. The molecule has 0 N–H and O–H groups in total. The van der Waals surface area contributed by atoms with E-state index < -0.39 is 8.80 Å². The SMILES string of the molecule is CC1=C(C)[C]([Ti+3])(C[SiH](c2cc(C)cc(C)c2)c2cc(C)cc(C)c2)C(c2cc(C(C)(C)C)cc(C(C)(C)C)c2)=C1C.[Cl-].[Cl-].[Cl-]. The van der Waals surface area contributed by atoms with Crippen LogP contribution in [-0.2, 0) is 31.3 Å². The van der Waals surface area contributed by atoms with E-state index in [4.69, 9.17) is 0 Å². The minimum Gasteiger partial charge on any atom is -1.00 e. The Balaban J connectivity index is 0.00000323. The number of halogens is 3. The molecule has 0 spiro atoms. The molecule has 4 rings (SSSR count). The molecule has 0 nitrogen and oxygen atoms in total. The molecule has 1 aliphatic carbocycles. The Bertz CT molecular complexity index is 1440. The van der Waals surface area contributed by atoms with E-state index >= 15 is 0 Å². The van der Waals surface area contributed by atoms with Crippen molar-refractivity contribution in [1.82, 2.24) is 0 Å². The van der Waals surface area contributed by atoms with Crippen LogP contribution in [0.15, 0.2) is 71.3 Å². The standard InChI is InChI=1S/C39H51Si.3ClH.Ti/c1-24-14-25(2)17-34(16-24)40(35-18-26(3)15-27(4)19-35)23-36-29(6)28(5)30(7)37(36)31-20-32(38(8,9)10)22-33(21-31)39(11,12)13;;;;/h14-22,40H,23H2,1-13H3;3*1H;/q;;;;+3/p-3. The monoisotopic (exact) mass is 700 g/mol. The molecule has 0 aromatic heterocycles. The Morgan fingerprint density at radius 2 is 0.909 bits per heavy atom. The summed E-state index contributed by atoms with van der Waals surface area (Å²) in [6, 6.07) is 23.3. The Morgan fingerprint density at radius 3 is 1.25 bits per heavy atom. The van der Waals surface area contributed by atoms with Crippen LogP contribution in [0.25, 0.3) is 5.57 Å². The molecule has 0 fully saturated rings. The van der Waals surface area contributed by atoms with Gasteiger partial charge in [-0.2, -0.15) is 0 Å². The van der Waals surface area contributed by atoms with Crippen LogP contribution in [0, 0.1) is 27.7 Å². The minimum absolute atomic E-state index is 0. The summed E-state index contributed by atoms with van der Waals surface area (Å²) in [5.41, 5.74) is 16.0. The van der Waals surface area contributed by atoms with Crippen molar-refractivity contribution in [2.45, 2.75) is 111 Å². The summed E-state index contributed by atoms with van der Waals surface area (Å²) < 4.78 is -0.0218. The van der Waals surface area contributed by atoms with Gasteiger partial charge in [0.15, 0.2) is 0 Å². The third kappa shape index (κ3) is 8.45. The molecule has 1 atom stereocenters. The summed E-state index contributed by atoms with van der Waals surface area (Å²) >= 11 is 2.56. The molecule has 1 unspecified atom stereocenters. The maximum absolute atomic E-state index is 2.56. The third-order valence-electron chi connectivity index (χ3n) is 9.32. The zero-order valence-electron chi connectivity index (χ0n) is 29.1. The molecular formula is C39H51Cl3SiTi. The van der Waals surface area contributed by atoms with E-state index in [2.05, 4.69) is 165 Å². The fourth-order valence-corrected chi connectivity index (χ4v) is 12.4. The van der Waals surface area contributed by atoms with Gasteiger partial charge in [-0.1, -0.05) is 0 Å². The van der Waals surface area contributed by atoms with E-state index in [1.165, 1.54) is 56.1 Å². The topological polar surface area (TPSA) is 0 Å². The maximum atomic E-state index is 2.56. The fraction of sp³-hybridized carbons (Fsp3) is 0.436. The summed E-state index contributed by atoms with van der Waals surface area (Å²) in [4.78, 5) is 0. The van der Waals surface area contributed by atoms with Crippen LogP contribution in [0.2, 0.25) is 9.76 Å². The van der Waals surface area contributed by atoms with Crippen LogP contribution >= 0.6 is 0 Å². The number of hydrogen-bond donors (Lipinski definition) is 0. The zero-order chi connectivity index (χ0) is 30.7. The van der Waals surface area contributed by atoms with E-state index in [1.807, 2.05) is 0 Å². The Labute approximate surface area is 301 Å². The Hall–Kier alpha value is -1.06. The van der Waals surface area contributed by atoms with Crippen molar-refractivity contribution in [1.29, 1.82) is 0 Å². The third-order valence-corrected chi connectivity index (χ3v) is 14.6. The molecule has 236 valence electrons. The van der Waals surface area contributed by atoms with Gasteiger partial charge in [0.1, 0.15) is 0 Å². The van der Waals surface area contributed by atoms with Gasteiger partial charge in [-0.3, -0.25) is 0 Å². The van der Waals surface area contributed by atoms with Gasteiger partial charge < -0.3 is 37.2 Å².